The highest BCUT2D eigenvalue weighted by atomic mass is 16.5. The summed E-state index contributed by atoms with van der Waals surface area (Å²) in [6.45, 7) is 5.61. The Morgan fingerprint density at radius 1 is 1.67 bits per heavy atom. The van der Waals surface area contributed by atoms with Gasteiger partial charge >= 0.3 is 5.97 Å². The van der Waals surface area contributed by atoms with E-state index in [4.69, 9.17) is 9.84 Å². The van der Waals surface area contributed by atoms with Crippen LogP contribution < -0.4 is 5.32 Å². The van der Waals surface area contributed by atoms with Crippen LogP contribution in [-0.4, -0.2) is 36.4 Å². The quantitative estimate of drug-likeness (QED) is 0.700. The third-order valence-electron chi connectivity index (χ3n) is 3.01. The van der Waals surface area contributed by atoms with Gasteiger partial charge in [0.15, 0.2) is 0 Å². The van der Waals surface area contributed by atoms with Gasteiger partial charge in [-0.15, -0.1) is 0 Å². The molecular weight excluding hydrogens is 194 g/mol. The highest BCUT2D eigenvalue weighted by molar-refractivity contribution is 5.73. The van der Waals surface area contributed by atoms with Crippen LogP contribution in [0.2, 0.25) is 0 Å². The van der Waals surface area contributed by atoms with E-state index in [2.05, 4.69) is 5.32 Å². The van der Waals surface area contributed by atoms with Crippen LogP contribution in [0.1, 0.15) is 33.1 Å². The molecule has 3 unspecified atom stereocenters. The smallest absolute Gasteiger partial charge is 0.320 e. The molecule has 1 fully saturated rings. The van der Waals surface area contributed by atoms with Gasteiger partial charge in [0.1, 0.15) is 6.04 Å². The number of carboxylic acid groups (broad SMARTS) is 1. The van der Waals surface area contributed by atoms with Gasteiger partial charge in [-0.3, -0.25) is 4.79 Å². The zero-order valence-electron chi connectivity index (χ0n) is 9.53. The zero-order chi connectivity index (χ0) is 11.3. The van der Waals surface area contributed by atoms with Crippen molar-refractivity contribution < 1.29 is 14.6 Å². The van der Waals surface area contributed by atoms with Gasteiger partial charge in [-0.2, -0.15) is 0 Å². The lowest BCUT2D eigenvalue weighted by molar-refractivity contribution is -0.140. The molecule has 88 valence electrons. The van der Waals surface area contributed by atoms with Crippen LogP contribution in [0.5, 0.6) is 0 Å². The fraction of sp³-hybridized carbons (Fsp3) is 0.909. The molecule has 0 aromatic heterocycles. The lowest BCUT2D eigenvalue weighted by Gasteiger charge is -2.23. The topological polar surface area (TPSA) is 58.6 Å². The van der Waals surface area contributed by atoms with E-state index in [9.17, 15) is 4.79 Å². The average molecular weight is 215 g/mol. The number of hydrogen-bond acceptors (Lipinski definition) is 3. The maximum absolute atomic E-state index is 10.9. The first-order valence-corrected chi connectivity index (χ1v) is 5.71. The van der Waals surface area contributed by atoms with Crippen molar-refractivity contribution in [2.24, 2.45) is 5.92 Å². The molecule has 0 spiro atoms. The summed E-state index contributed by atoms with van der Waals surface area (Å²) in [5, 5.41) is 12.2. The Hall–Kier alpha value is -0.610. The van der Waals surface area contributed by atoms with Crippen LogP contribution in [0.25, 0.3) is 0 Å². The van der Waals surface area contributed by atoms with Crippen LogP contribution in [0.3, 0.4) is 0 Å². The minimum absolute atomic E-state index is 0.222. The second-order valence-corrected chi connectivity index (χ2v) is 4.26. The Bertz CT molecular complexity index is 202. The number of carboxylic acids is 1. The minimum Gasteiger partial charge on any atom is -0.480 e. The number of carbonyl (C=O) groups is 1. The van der Waals surface area contributed by atoms with Crippen molar-refractivity contribution in [3.8, 4) is 0 Å². The van der Waals surface area contributed by atoms with Gasteiger partial charge in [0, 0.05) is 12.6 Å². The van der Waals surface area contributed by atoms with E-state index in [1.165, 1.54) is 0 Å². The molecule has 0 saturated carbocycles. The first-order chi connectivity index (χ1) is 7.15. The molecule has 1 aliphatic rings. The summed E-state index contributed by atoms with van der Waals surface area (Å²) in [5.41, 5.74) is 0. The number of nitrogens with one attached hydrogen (secondary N) is 1. The van der Waals surface area contributed by atoms with E-state index in [1.54, 1.807) is 0 Å². The Morgan fingerprint density at radius 3 is 2.87 bits per heavy atom. The van der Waals surface area contributed by atoms with Crippen LogP contribution >= 0.6 is 0 Å². The Kier molecular flexibility index (Phi) is 5.05. The Balaban J connectivity index is 2.38. The van der Waals surface area contributed by atoms with Crippen molar-refractivity contribution in [2.75, 3.05) is 13.2 Å². The van der Waals surface area contributed by atoms with Crippen LogP contribution in [0.4, 0.5) is 0 Å². The number of rotatable bonds is 6. The van der Waals surface area contributed by atoms with Crippen molar-refractivity contribution >= 4 is 5.97 Å². The molecule has 0 aliphatic carbocycles. The molecule has 0 amide bonds. The third kappa shape index (κ3) is 3.80. The van der Waals surface area contributed by atoms with Crippen LogP contribution in [-0.2, 0) is 9.53 Å². The molecule has 4 nitrogen and oxygen atoms in total. The molecular formula is C11H21NO3. The summed E-state index contributed by atoms with van der Waals surface area (Å²) < 4.78 is 5.29. The first kappa shape index (κ1) is 12.5. The van der Waals surface area contributed by atoms with Gasteiger partial charge in [0.2, 0.25) is 0 Å². The minimum atomic E-state index is -0.748. The fourth-order valence-corrected chi connectivity index (χ4v) is 1.97. The maximum atomic E-state index is 10.9. The molecule has 1 heterocycles. The largest absolute Gasteiger partial charge is 0.480 e. The van der Waals surface area contributed by atoms with E-state index in [-0.39, 0.29) is 6.04 Å². The SMILES string of the molecule is CCCC(NC(C)C1CCOC1)C(=O)O. The summed E-state index contributed by atoms with van der Waals surface area (Å²) in [5.74, 6) is -0.286. The molecule has 2 N–H and O–H groups in total. The van der Waals surface area contributed by atoms with Crippen molar-refractivity contribution in [3.05, 3.63) is 0 Å². The maximum Gasteiger partial charge on any atom is 0.320 e. The van der Waals surface area contributed by atoms with Crippen molar-refractivity contribution in [1.82, 2.24) is 5.32 Å². The standard InChI is InChI=1S/C11H21NO3/c1-3-4-10(11(13)14)12-8(2)9-5-6-15-7-9/h8-10,12H,3-7H2,1-2H3,(H,13,14). The molecule has 1 saturated heterocycles. The summed E-state index contributed by atoms with van der Waals surface area (Å²) in [4.78, 5) is 10.9. The van der Waals surface area contributed by atoms with E-state index in [1.807, 2.05) is 13.8 Å². The Morgan fingerprint density at radius 2 is 2.40 bits per heavy atom. The summed E-state index contributed by atoms with van der Waals surface area (Å²) in [7, 11) is 0. The predicted octanol–water partition coefficient (Wildman–Crippen LogP) is 1.25. The number of hydrogen-bond donors (Lipinski definition) is 2. The normalized spacial score (nSPS) is 25.1. The first-order valence-electron chi connectivity index (χ1n) is 5.71. The second kappa shape index (κ2) is 6.08. The molecule has 3 atom stereocenters. The lowest BCUT2D eigenvalue weighted by atomic mass is 9.99. The van der Waals surface area contributed by atoms with Gasteiger partial charge in [-0.1, -0.05) is 13.3 Å². The van der Waals surface area contributed by atoms with E-state index in [0.29, 0.717) is 12.3 Å². The van der Waals surface area contributed by atoms with Crippen LogP contribution in [0.15, 0.2) is 0 Å². The molecule has 0 aromatic carbocycles. The van der Waals surface area contributed by atoms with Crippen LogP contribution in [0, 0.1) is 5.92 Å². The lowest BCUT2D eigenvalue weighted by Crippen LogP contribution is -2.45. The molecule has 15 heavy (non-hydrogen) atoms. The van der Waals surface area contributed by atoms with E-state index >= 15 is 0 Å². The zero-order valence-corrected chi connectivity index (χ0v) is 9.53. The van der Waals surface area contributed by atoms with Crippen molar-refractivity contribution in [1.29, 1.82) is 0 Å². The second-order valence-electron chi connectivity index (χ2n) is 4.26. The van der Waals surface area contributed by atoms with E-state index in [0.717, 1.165) is 26.1 Å². The highest BCUT2D eigenvalue weighted by Crippen LogP contribution is 2.17. The van der Waals surface area contributed by atoms with Gasteiger partial charge in [0.05, 0.1) is 6.61 Å². The third-order valence-corrected chi connectivity index (χ3v) is 3.01. The number of aliphatic carboxylic acids is 1. The van der Waals surface area contributed by atoms with Crippen molar-refractivity contribution in [3.63, 3.8) is 0 Å². The predicted molar refractivity (Wildman–Crippen MR) is 57.9 cm³/mol. The Labute approximate surface area is 91.0 Å². The molecule has 0 aromatic rings. The van der Waals surface area contributed by atoms with Gasteiger partial charge < -0.3 is 15.2 Å². The summed E-state index contributed by atoms with van der Waals surface area (Å²) in [6, 6.07) is -0.189. The van der Waals surface area contributed by atoms with Crippen molar-refractivity contribution in [2.45, 2.75) is 45.2 Å². The average Bonchev–Trinajstić information content (AvgIpc) is 2.69. The molecule has 4 heteroatoms. The molecule has 0 radical (unpaired) electrons. The van der Waals surface area contributed by atoms with Gasteiger partial charge in [0.25, 0.3) is 0 Å². The molecule has 1 rings (SSSR count). The van der Waals surface area contributed by atoms with Gasteiger partial charge in [-0.05, 0) is 25.7 Å². The monoisotopic (exact) mass is 215 g/mol. The molecule has 1 aliphatic heterocycles. The van der Waals surface area contributed by atoms with Gasteiger partial charge in [-0.25, -0.2) is 0 Å². The molecule has 0 bridgehead atoms. The summed E-state index contributed by atoms with van der Waals surface area (Å²) in [6.07, 6.45) is 2.61. The number of ether oxygens (including phenoxy) is 1. The highest BCUT2D eigenvalue weighted by Gasteiger charge is 2.26. The summed E-state index contributed by atoms with van der Waals surface area (Å²) >= 11 is 0. The fourth-order valence-electron chi connectivity index (χ4n) is 1.97. The van der Waals surface area contributed by atoms with E-state index < -0.39 is 12.0 Å².